The first kappa shape index (κ1) is 24.8. The Balaban J connectivity index is 1.44. The van der Waals surface area contributed by atoms with Crippen LogP contribution in [0.4, 0.5) is 0 Å². The normalized spacial score (nSPS) is 19.6. The predicted octanol–water partition coefficient (Wildman–Crippen LogP) is 2.83. The van der Waals surface area contributed by atoms with Crippen LogP contribution in [-0.2, 0) is 22.6 Å². The molecule has 1 aromatic carbocycles. The lowest BCUT2D eigenvalue weighted by molar-refractivity contribution is -0.140. The monoisotopic (exact) mass is 506 g/mol. The maximum atomic E-state index is 12.8. The number of piperidine rings is 1. The van der Waals surface area contributed by atoms with Gasteiger partial charge in [0, 0.05) is 43.4 Å². The minimum absolute atomic E-state index is 0.0324. The average Bonchev–Trinajstić information content (AvgIpc) is 2.90. The summed E-state index contributed by atoms with van der Waals surface area (Å²) in [5.74, 6) is -0.107. The van der Waals surface area contributed by atoms with Gasteiger partial charge in [-0.2, -0.15) is 0 Å². The molecule has 3 aromatic rings. The van der Waals surface area contributed by atoms with Gasteiger partial charge in [0.25, 0.3) is 5.56 Å². The van der Waals surface area contributed by atoms with E-state index < -0.39 is 23.1 Å². The summed E-state index contributed by atoms with van der Waals surface area (Å²) in [7, 11) is 2.85. The lowest BCUT2D eigenvalue weighted by Gasteiger charge is -2.42. The first-order valence-corrected chi connectivity index (χ1v) is 12.3. The number of aromatic hydroxyl groups is 1. The molecule has 0 amide bonds. The third kappa shape index (κ3) is 5.04. The van der Waals surface area contributed by atoms with Crippen LogP contribution in [0.2, 0.25) is 0 Å². The number of pyridine rings is 1. The van der Waals surface area contributed by atoms with Gasteiger partial charge in [0.1, 0.15) is 11.5 Å². The Labute approximate surface area is 213 Å². The van der Waals surface area contributed by atoms with Gasteiger partial charge in [-0.25, -0.2) is 0 Å². The number of benzene rings is 1. The van der Waals surface area contributed by atoms with E-state index in [4.69, 9.17) is 13.9 Å². The molecule has 0 spiro atoms. The van der Waals surface area contributed by atoms with Gasteiger partial charge in [-0.15, -0.1) is 0 Å². The SMILES string of the molecule is COC(=O)C[C@@H](c1ccc(OC)cc1)c1oc(CN2C[C@@H]3C[C@H](C2)c2cccc(=O)n2C3)cc(=O)c1O. The standard InChI is InChI=1S/C28H30N2O7/c1-35-20-8-6-18(7-9-20)22(12-26(33)36-2)28-27(34)24(31)11-21(37-28)16-29-13-17-10-19(15-29)23-4-3-5-25(32)30(23)14-17/h3-9,11,17,19,22,34H,10,12-16H2,1-2H3/t17-,19+,22-/m0/s1. The van der Waals surface area contributed by atoms with Crippen LogP contribution in [0.25, 0.3) is 0 Å². The highest BCUT2D eigenvalue weighted by atomic mass is 16.5. The fourth-order valence-corrected chi connectivity index (χ4v) is 5.66. The molecular formula is C28H30N2O7. The molecule has 0 aliphatic carbocycles. The minimum atomic E-state index is -0.717. The Morgan fingerprint density at radius 2 is 1.89 bits per heavy atom. The van der Waals surface area contributed by atoms with Gasteiger partial charge < -0.3 is 23.6 Å². The lowest BCUT2D eigenvalue weighted by atomic mass is 9.83. The summed E-state index contributed by atoms with van der Waals surface area (Å²) in [6.07, 6.45) is 0.908. The number of fused-ring (bicyclic) bond motifs is 4. The number of carbonyl (C=O) groups excluding carboxylic acids is 1. The maximum Gasteiger partial charge on any atom is 0.306 e. The van der Waals surface area contributed by atoms with Gasteiger partial charge in [-0.05, 0) is 36.1 Å². The Bertz CT molecular complexity index is 1410. The van der Waals surface area contributed by atoms with Crippen molar-refractivity contribution in [3.8, 4) is 11.5 Å². The van der Waals surface area contributed by atoms with Crippen molar-refractivity contribution in [2.75, 3.05) is 27.3 Å². The zero-order chi connectivity index (χ0) is 26.1. The first-order valence-electron chi connectivity index (χ1n) is 12.3. The van der Waals surface area contributed by atoms with E-state index in [9.17, 15) is 19.5 Å². The van der Waals surface area contributed by atoms with Crippen LogP contribution in [0.3, 0.4) is 0 Å². The van der Waals surface area contributed by atoms with E-state index in [1.807, 2.05) is 10.6 Å². The summed E-state index contributed by atoms with van der Waals surface area (Å²) in [5.41, 5.74) is 1.19. The van der Waals surface area contributed by atoms with Crippen LogP contribution >= 0.6 is 0 Å². The van der Waals surface area contributed by atoms with Gasteiger partial charge >= 0.3 is 5.97 Å². The molecule has 2 aliphatic rings. The Kier molecular flexibility index (Phi) is 6.88. The van der Waals surface area contributed by atoms with Crippen molar-refractivity contribution in [1.29, 1.82) is 0 Å². The molecule has 0 radical (unpaired) electrons. The van der Waals surface area contributed by atoms with Gasteiger partial charge in [0.05, 0.1) is 33.1 Å². The Morgan fingerprint density at radius 3 is 2.62 bits per heavy atom. The molecule has 2 bridgehead atoms. The summed E-state index contributed by atoms with van der Waals surface area (Å²) in [6, 6.07) is 13.7. The summed E-state index contributed by atoms with van der Waals surface area (Å²) in [6.45, 7) is 2.54. The van der Waals surface area contributed by atoms with Gasteiger partial charge in [-0.3, -0.25) is 19.3 Å². The Hall–Kier alpha value is -3.85. The molecule has 9 heteroatoms. The average molecular weight is 507 g/mol. The minimum Gasteiger partial charge on any atom is -0.502 e. The van der Waals surface area contributed by atoms with Crippen molar-refractivity contribution in [1.82, 2.24) is 9.47 Å². The van der Waals surface area contributed by atoms with E-state index in [0.717, 1.165) is 25.2 Å². The zero-order valence-corrected chi connectivity index (χ0v) is 20.9. The second kappa shape index (κ2) is 10.3. The van der Waals surface area contributed by atoms with Gasteiger partial charge in [0.2, 0.25) is 11.2 Å². The molecular weight excluding hydrogens is 476 g/mol. The molecule has 0 saturated carbocycles. The quantitative estimate of drug-likeness (QED) is 0.487. The third-order valence-electron chi connectivity index (χ3n) is 7.37. The van der Waals surface area contributed by atoms with Crippen LogP contribution in [-0.4, -0.2) is 47.9 Å². The van der Waals surface area contributed by atoms with Crippen LogP contribution in [0.5, 0.6) is 11.5 Å². The highest BCUT2D eigenvalue weighted by Crippen LogP contribution is 2.37. The highest BCUT2D eigenvalue weighted by molar-refractivity contribution is 5.71. The summed E-state index contributed by atoms with van der Waals surface area (Å²) < 4.78 is 18.1. The number of hydrogen-bond acceptors (Lipinski definition) is 8. The third-order valence-corrected chi connectivity index (χ3v) is 7.37. The summed E-state index contributed by atoms with van der Waals surface area (Å²) in [5, 5.41) is 10.7. The molecule has 1 N–H and O–H groups in total. The smallest absolute Gasteiger partial charge is 0.306 e. The topological polar surface area (TPSA) is 111 Å². The Morgan fingerprint density at radius 1 is 1.11 bits per heavy atom. The fourth-order valence-electron chi connectivity index (χ4n) is 5.66. The molecule has 2 aliphatic heterocycles. The molecule has 1 fully saturated rings. The van der Waals surface area contributed by atoms with Crippen molar-refractivity contribution in [3.05, 3.63) is 91.9 Å². The van der Waals surface area contributed by atoms with E-state index in [0.29, 0.717) is 36.1 Å². The largest absolute Gasteiger partial charge is 0.502 e. The second-order valence-electron chi connectivity index (χ2n) is 9.79. The van der Waals surface area contributed by atoms with Crippen LogP contribution in [0.15, 0.2) is 62.5 Å². The molecule has 0 unspecified atom stereocenters. The van der Waals surface area contributed by atoms with Crippen LogP contribution in [0.1, 0.15) is 47.5 Å². The molecule has 37 heavy (non-hydrogen) atoms. The molecule has 2 aromatic heterocycles. The van der Waals surface area contributed by atoms with Crippen LogP contribution < -0.4 is 15.7 Å². The maximum absolute atomic E-state index is 12.8. The molecule has 5 rings (SSSR count). The fraction of sp³-hybridized carbons (Fsp3) is 0.393. The van der Waals surface area contributed by atoms with E-state index in [1.165, 1.54) is 13.2 Å². The van der Waals surface area contributed by atoms with Crippen molar-refractivity contribution in [3.63, 3.8) is 0 Å². The van der Waals surface area contributed by atoms with E-state index >= 15 is 0 Å². The number of carbonyl (C=O) groups is 1. The van der Waals surface area contributed by atoms with E-state index in [2.05, 4.69) is 4.90 Å². The number of rotatable bonds is 7. The first-order chi connectivity index (χ1) is 17.9. The number of likely N-dealkylation sites (tertiary alicyclic amines) is 1. The highest BCUT2D eigenvalue weighted by Gasteiger charge is 2.35. The van der Waals surface area contributed by atoms with Crippen molar-refractivity contribution in [2.45, 2.75) is 37.8 Å². The molecule has 9 nitrogen and oxygen atoms in total. The van der Waals surface area contributed by atoms with Gasteiger partial charge in [0.15, 0.2) is 5.76 Å². The summed E-state index contributed by atoms with van der Waals surface area (Å²) >= 11 is 0. The number of hydrogen-bond donors (Lipinski definition) is 1. The predicted molar refractivity (Wildman–Crippen MR) is 135 cm³/mol. The summed E-state index contributed by atoms with van der Waals surface area (Å²) in [4.78, 5) is 39.6. The number of esters is 1. The van der Waals surface area contributed by atoms with Crippen LogP contribution in [0, 0.1) is 5.92 Å². The van der Waals surface area contributed by atoms with E-state index in [1.54, 1.807) is 43.5 Å². The zero-order valence-electron chi connectivity index (χ0n) is 20.9. The lowest BCUT2D eigenvalue weighted by Crippen LogP contribution is -2.46. The van der Waals surface area contributed by atoms with Crippen molar-refractivity contribution < 1.29 is 23.8 Å². The van der Waals surface area contributed by atoms with Crippen molar-refractivity contribution >= 4 is 5.97 Å². The molecule has 194 valence electrons. The number of methoxy groups -OCH3 is 2. The molecule has 4 heterocycles. The second-order valence-corrected chi connectivity index (χ2v) is 9.79. The van der Waals surface area contributed by atoms with Gasteiger partial charge in [-0.1, -0.05) is 18.2 Å². The number of aromatic nitrogens is 1. The molecule has 1 saturated heterocycles. The number of ether oxygens (including phenoxy) is 2. The number of nitrogens with zero attached hydrogens (tertiary/aromatic N) is 2. The molecule has 3 atom stereocenters. The van der Waals surface area contributed by atoms with E-state index in [-0.39, 0.29) is 23.7 Å². The van der Waals surface area contributed by atoms with Crippen molar-refractivity contribution in [2.24, 2.45) is 5.92 Å².